The van der Waals surface area contributed by atoms with Crippen LogP contribution in [0.2, 0.25) is 0 Å². The summed E-state index contributed by atoms with van der Waals surface area (Å²) in [5, 5.41) is 2.73. The molecular formula is C9H16N2O2. The van der Waals surface area contributed by atoms with Gasteiger partial charge in [-0.05, 0) is 12.8 Å². The van der Waals surface area contributed by atoms with Crippen LogP contribution in [0.1, 0.15) is 26.2 Å². The van der Waals surface area contributed by atoms with Crippen molar-refractivity contribution in [3.8, 4) is 0 Å². The molecule has 0 saturated carbocycles. The molecule has 0 radical (unpaired) electrons. The van der Waals surface area contributed by atoms with Crippen molar-refractivity contribution < 1.29 is 9.59 Å². The molecule has 1 saturated heterocycles. The fourth-order valence-electron chi connectivity index (χ4n) is 1.57. The van der Waals surface area contributed by atoms with Gasteiger partial charge < -0.3 is 11.1 Å². The number of hydrogen-bond donors (Lipinski definition) is 2. The fourth-order valence-corrected chi connectivity index (χ4v) is 1.57. The minimum atomic E-state index is -0.459. The van der Waals surface area contributed by atoms with E-state index in [-0.39, 0.29) is 17.6 Å². The average molecular weight is 184 g/mol. The summed E-state index contributed by atoms with van der Waals surface area (Å²) in [5.74, 6) is 0.0320. The van der Waals surface area contributed by atoms with Crippen LogP contribution in [0.15, 0.2) is 0 Å². The Morgan fingerprint density at radius 2 is 2.46 bits per heavy atom. The third kappa shape index (κ3) is 2.52. The zero-order valence-corrected chi connectivity index (χ0v) is 7.88. The van der Waals surface area contributed by atoms with Crippen molar-refractivity contribution in [1.82, 2.24) is 5.32 Å². The van der Waals surface area contributed by atoms with Crippen molar-refractivity contribution in [2.24, 2.45) is 11.7 Å². The highest BCUT2D eigenvalue weighted by atomic mass is 16.2. The number of carbonyl (C=O) groups excluding carboxylic acids is 2. The largest absolute Gasteiger partial charge is 0.356 e. The van der Waals surface area contributed by atoms with Gasteiger partial charge in [-0.25, -0.2) is 0 Å². The molecule has 1 aliphatic rings. The Morgan fingerprint density at radius 3 is 2.92 bits per heavy atom. The lowest BCUT2D eigenvalue weighted by Crippen LogP contribution is -2.34. The lowest BCUT2D eigenvalue weighted by molar-refractivity contribution is -0.123. The first-order valence-electron chi connectivity index (χ1n) is 4.71. The predicted molar refractivity (Wildman–Crippen MR) is 49.0 cm³/mol. The van der Waals surface area contributed by atoms with Crippen molar-refractivity contribution in [3.05, 3.63) is 0 Å². The van der Waals surface area contributed by atoms with Crippen LogP contribution >= 0.6 is 0 Å². The topological polar surface area (TPSA) is 72.2 Å². The first kappa shape index (κ1) is 10.2. The Labute approximate surface area is 77.9 Å². The van der Waals surface area contributed by atoms with E-state index < -0.39 is 6.04 Å². The van der Waals surface area contributed by atoms with Gasteiger partial charge in [0.15, 0.2) is 0 Å². The summed E-state index contributed by atoms with van der Waals surface area (Å²) in [6, 6.07) is -0.459. The molecule has 13 heavy (non-hydrogen) atoms. The molecule has 0 aromatic carbocycles. The number of amides is 1. The summed E-state index contributed by atoms with van der Waals surface area (Å²) in [6.07, 6.45) is 1.76. The van der Waals surface area contributed by atoms with E-state index in [1.165, 1.54) is 0 Å². The quantitative estimate of drug-likeness (QED) is 0.636. The molecule has 0 aromatic rings. The summed E-state index contributed by atoms with van der Waals surface area (Å²) in [7, 11) is 0. The molecule has 2 unspecified atom stereocenters. The van der Waals surface area contributed by atoms with Gasteiger partial charge in [-0.1, -0.05) is 6.92 Å². The molecule has 1 amide bonds. The molecule has 1 aliphatic heterocycles. The van der Waals surface area contributed by atoms with Crippen LogP contribution in [0.25, 0.3) is 0 Å². The zero-order chi connectivity index (χ0) is 9.84. The molecule has 0 spiro atoms. The third-order valence-corrected chi connectivity index (χ3v) is 2.46. The maximum absolute atomic E-state index is 11.1. The Morgan fingerprint density at radius 1 is 1.77 bits per heavy atom. The Balaban J connectivity index is 2.39. The number of nitrogens with one attached hydrogen (secondary N) is 1. The average Bonchev–Trinajstić information content (AvgIpc) is 2.50. The van der Waals surface area contributed by atoms with Crippen LogP contribution < -0.4 is 11.1 Å². The highest BCUT2D eigenvalue weighted by Crippen LogP contribution is 2.15. The van der Waals surface area contributed by atoms with Gasteiger partial charge in [0, 0.05) is 18.9 Å². The lowest BCUT2D eigenvalue weighted by atomic mass is 9.96. The van der Waals surface area contributed by atoms with Gasteiger partial charge in [0.05, 0.1) is 6.04 Å². The monoisotopic (exact) mass is 184 g/mol. The van der Waals surface area contributed by atoms with E-state index >= 15 is 0 Å². The molecule has 0 aromatic heterocycles. The molecule has 1 fully saturated rings. The summed E-state index contributed by atoms with van der Waals surface area (Å²) in [4.78, 5) is 22.3. The van der Waals surface area contributed by atoms with Gasteiger partial charge in [-0.2, -0.15) is 0 Å². The number of ketones is 1. The molecule has 74 valence electrons. The highest BCUT2D eigenvalue weighted by Gasteiger charge is 2.27. The summed E-state index contributed by atoms with van der Waals surface area (Å²) >= 11 is 0. The molecule has 1 rings (SSSR count). The molecule has 0 aliphatic carbocycles. The van der Waals surface area contributed by atoms with E-state index in [1.54, 1.807) is 6.92 Å². The van der Waals surface area contributed by atoms with Crippen LogP contribution in [-0.4, -0.2) is 24.3 Å². The number of carbonyl (C=O) groups is 2. The van der Waals surface area contributed by atoms with E-state index in [4.69, 9.17) is 5.73 Å². The second-order valence-corrected chi connectivity index (χ2v) is 3.44. The second-order valence-electron chi connectivity index (χ2n) is 3.44. The fraction of sp³-hybridized carbons (Fsp3) is 0.778. The van der Waals surface area contributed by atoms with Crippen LogP contribution in [0.5, 0.6) is 0 Å². The maximum atomic E-state index is 11.1. The molecule has 0 bridgehead atoms. The lowest BCUT2D eigenvalue weighted by Gasteiger charge is -2.12. The van der Waals surface area contributed by atoms with Gasteiger partial charge in [0.2, 0.25) is 5.91 Å². The second kappa shape index (κ2) is 4.37. The standard InChI is InChI=1S/C9H16N2O2/c1-2-8(12)7(10)5-6-3-4-11-9(6)13/h6-7H,2-5,10H2,1H3,(H,11,13). The van der Waals surface area contributed by atoms with Gasteiger partial charge in [0.25, 0.3) is 0 Å². The Hall–Kier alpha value is -0.900. The van der Waals surface area contributed by atoms with Crippen molar-refractivity contribution >= 4 is 11.7 Å². The number of Topliss-reactive ketones (excluding diaryl/α,β-unsaturated/α-hetero) is 1. The van der Waals surface area contributed by atoms with Crippen LogP contribution in [0, 0.1) is 5.92 Å². The van der Waals surface area contributed by atoms with Gasteiger partial charge >= 0.3 is 0 Å². The summed E-state index contributed by atoms with van der Waals surface area (Å²) in [5.41, 5.74) is 5.64. The van der Waals surface area contributed by atoms with E-state index in [0.717, 1.165) is 13.0 Å². The Bertz CT molecular complexity index is 216. The summed E-state index contributed by atoms with van der Waals surface area (Å²) in [6.45, 7) is 2.51. The normalized spacial score (nSPS) is 24.2. The first-order chi connectivity index (χ1) is 6.15. The van der Waals surface area contributed by atoms with Crippen molar-refractivity contribution in [3.63, 3.8) is 0 Å². The van der Waals surface area contributed by atoms with Crippen molar-refractivity contribution in [1.29, 1.82) is 0 Å². The zero-order valence-electron chi connectivity index (χ0n) is 7.88. The molecule has 4 nitrogen and oxygen atoms in total. The van der Waals surface area contributed by atoms with Crippen molar-refractivity contribution in [2.75, 3.05) is 6.54 Å². The third-order valence-electron chi connectivity index (χ3n) is 2.46. The van der Waals surface area contributed by atoms with Gasteiger partial charge in [-0.15, -0.1) is 0 Å². The van der Waals surface area contributed by atoms with E-state index in [2.05, 4.69) is 5.32 Å². The minimum absolute atomic E-state index is 0.0411. The van der Waals surface area contributed by atoms with E-state index in [1.807, 2.05) is 0 Å². The smallest absolute Gasteiger partial charge is 0.223 e. The van der Waals surface area contributed by atoms with E-state index in [9.17, 15) is 9.59 Å². The molecule has 4 heteroatoms. The first-order valence-corrected chi connectivity index (χ1v) is 4.71. The molecule has 1 heterocycles. The predicted octanol–water partition coefficient (Wildman–Crippen LogP) is -0.181. The SMILES string of the molecule is CCC(=O)C(N)CC1CCNC1=O. The number of rotatable bonds is 4. The summed E-state index contributed by atoms with van der Waals surface area (Å²) < 4.78 is 0. The molecular weight excluding hydrogens is 168 g/mol. The van der Waals surface area contributed by atoms with Crippen LogP contribution in [0.3, 0.4) is 0 Å². The molecule has 2 atom stereocenters. The Kier molecular flexibility index (Phi) is 3.42. The number of hydrogen-bond acceptors (Lipinski definition) is 3. The van der Waals surface area contributed by atoms with E-state index in [0.29, 0.717) is 12.8 Å². The van der Waals surface area contributed by atoms with Crippen molar-refractivity contribution in [2.45, 2.75) is 32.2 Å². The maximum Gasteiger partial charge on any atom is 0.223 e. The highest BCUT2D eigenvalue weighted by molar-refractivity contribution is 5.85. The number of nitrogens with two attached hydrogens (primary N) is 1. The van der Waals surface area contributed by atoms with Crippen LogP contribution in [0.4, 0.5) is 0 Å². The minimum Gasteiger partial charge on any atom is -0.356 e. The van der Waals surface area contributed by atoms with Gasteiger partial charge in [0.1, 0.15) is 5.78 Å². The molecule has 3 N–H and O–H groups in total. The van der Waals surface area contributed by atoms with Gasteiger partial charge in [-0.3, -0.25) is 9.59 Å². The van der Waals surface area contributed by atoms with Crippen LogP contribution in [-0.2, 0) is 9.59 Å².